The molecule has 0 atom stereocenters. The van der Waals surface area contributed by atoms with E-state index in [1.165, 1.54) is 4.90 Å². The first-order chi connectivity index (χ1) is 5.26. The van der Waals surface area contributed by atoms with Gasteiger partial charge in [-0.25, -0.2) is 4.79 Å². The average Bonchev–Trinajstić information content (AvgIpc) is 2.03. The van der Waals surface area contributed by atoms with Gasteiger partial charge in [0.15, 0.2) is 0 Å². The number of nitrogens with zero attached hydrogens (tertiary/aromatic N) is 2. The van der Waals surface area contributed by atoms with Gasteiger partial charge in [0, 0.05) is 30.0 Å². The van der Waals surface area contributed by atoms with Crippen molar-refractivity contribution in [3.05, 3.63) is 4.91 Å². The van der Waals surface area contributed by atoms with E-state index in [2.05, 4.69) is 5.18 Å². The maximum Gasteiger partial charge on any atom is 0.381 e. The lowest BCUT2D eigenvalue weighted by atomic mass is 10.5. The number of halogens is 2. The molecule has 0 aliphatic heterocycles. The molecule has 0 aromatic heterocycles. The largest absolute Gasteiger partial charge is 0.381 e. The van der Waals surface area contributed by atoms with Crippen molar-refractivity contribution >= 4 is 29.2 Å². The van der Waals surface area contributed by atoms with Crippen LogP contribution in [-0.2, 0) is 0 Å². The summed E-state index contributed by atoms with van der Waals surface area (Å²) in [6.07, 6.45) is 0. The van der Waals surface area contributed by atoms with Gasteiger partial charge in [0.2, 0.25) is 0 Å². The highest BCUT2D eigenvalue weighted by molar-refractivity contribution is 6.18. The quantitative estimate of drug-likeness (QED) is 0.510. The van der Waals surface area contributed by atoms with E-state index in [1.807, 2.05) is 0 Å². The van der Waals surface area contributed by atoms with Crippen LogP contribution in [0.2, 0.25) is 0 Å². The maximum atomic E-state index is 10.6. The van der Waals surface area contributed by atoms with Crippen molar-refractivity contribution in [1.82, 2.24) is 4.90 Å². The zero-order valence-corrected chi connectivity index (χ0v) is 7.31. The van der Waals surface area contributed by atoms with Gasteiger partial charge in [-0.3, -0.25) is 0 Å². The van der Waals surface area contributed by atoms with Gasteiger partial charge in [0.25, 0.3) is 0 Å². The molecule has 4 nitrogen and oxygen atoms in total. The van der Waals surface area contributed by atoms with E-state index in [-0.39, 0.29) is 11.8 Å². The molecule has 64 valence electrons. The van der Waals surface area contributed by atoms with E-state index in [4.69, 9.17) is 23.2 Å². The highest BCUT2D eigenvalue weighted by Crippen LogP contribution is 1.95. The first-order valence-electron chi connectivity index (χ1n) is 3.00. The van der Waals surface area contributed by atoms with Crippen LogP contribution in [-0.4, -0.2) is 35.8 Å². The summed E-state index contributed by atoms with van der Waals surface area (Å²) in [5.41, 5.74) is 0. The molecule has 0 spiro atoms. The van der Waals surface area contributed by atoms with Crippen LogP contribution in [0.3, 0.4) is 0 Å². The molecule has 0 saturated heterocycles. The summed E-state index contributed by atoms with van der Waals surface area (Å²) in [4.78, 5) is 21.6. The van der Waals surface area contributed by atoms with Gasteiger partial charge in [-0.15, -0.1) is 28.1 Å². The predicted octanol–water partition coefficient (Wildman–Crippen LogP) is 1.65. The Balaban J connectivity index is 3.86. The number of alkyl halides is 2. The normalized spacial score (nSPS) is 9.27. The zero-order valence-electron chi connectivity index (χ0n) is 5.80. The molecule has 0 heterocycles. The molecule has 0 aliphatic carbocycles. The number of hydrogen-bond donors (Lipinski definition) is 0. The van der Waals surface area contributed by atoms with Gasteiger partial charge in [-0.2, -0.15) is 0 Å². The van der Waals surface area contributed by atoms with Crippen molar-refractivity contribution < 1.29 is 4.79 Å². The first kappa shape index (κ1) is 10.7. The monoisotopic (exact) mass is 198 g/mol. The number of hydrogen-bond acceptors (Lipinski definition) is 2. The highest BCUT2D eigenvalue weighted by atomic mass is 35.5. The molecular weight excluding hydrogens is 191 g/mol. The van der Waals surface area contributed by atoms with Crippen LogP contribution in [0, 0.1) is 4.91 Å². The molecule has 11 heavy (non-hydrogen) atoms. The van der Waals surface area contributed by atoms with E-state index in [9.17, 15) is 9.70 Å². The van der Waals surface area contributed by atoms with Crippen LogP contribution in [0.25, 0.3) is 0 Å². The molecular formula is C5H8Cl2N2O2. The summed E-state index contributed by atoms with van der Waals surface area (Å²) in [6.45, 7) is 0.609. The number of rotatable bonds is 4. The fourth-order valence-electron chi connectivity index (χ4n) is 0.565. The SMILES string of the molecule is O=NC(=O)N(CCCl)CCCl. The van der Waals surface area contributed by atoms with Crippen molar-refractivity contribution in [1.29, 1.82) is 0 Å². The summed E-state index contributed by atoms with van der Waals surface area (Å²) in [6, 6.07) is -0.814. The Bertz CT molecular complexity index is 136. The Labute approximate surface area is 74.4 Å². The smallest absolute Gasteiger partial charge is 0.318 e. The Hall–Kier alpha value is -0.350. The molecule has 0 rings (SSSR count). The van der Waals surface area contributed by atoms with Gasteiger partial charge < -0.3 is 4.90 Å². The van der Waals surface area contributed by atoms with Crippen molar-refractivity contribution in [2.45, 2.75) is 0 Å². The average molecular weight is 199 g/mol. The minimum Gasteiger partial charge on any atom is -0.318 e. The predicted molar refractivity (Wildman–Crippen MR) is 44.2 cm³/mol. The lowest BCUT2D eigenvalue weighted by Crippen LogP contribution is -2.31. The fourth-order valence-corrected chi connectivity index (χ4v) is 0.973. The van der Waals surface area contributed by atoms with Crippen molar-refractivity contribution in [2.75, 3.05) is 24.8 Å². The molecule has 6 heteroatoms. The van der Waals surface area contributed by atoms with E-state index >= 15 is 0 Å². The third kappa shape index (κ3) is 4.16. The van der Waals surface area contributed by atoms with E-state index in [0.29, 0.717) is 13.1 Å². The van der Waals surface area contributed by atoms with Crippen molar-refractivity contribution in [2.24, 2.45) is 5.18 Å². The summed E-state index contributed by atoms with van der Waals surface area (Å²) >= 11 is 10.7. The molecule has 0 unspecified atom stereocenters. The minimum absolute atomic E-state index is 0.276. The van der Waals surface area contributed by atoms with Crippen molar-refractivity contribution in [3.8, 4) is 0 Å². The minimum atomic E-state index is -0.814. The highest BCUT2D eigenvalue weighted by Gasteiger charge is 2.11. The number of carbonyl (C=O) groups excluding carboxylic acids is 1. The van der Waals surface area contributed by atoms with Crippen LogP contribution < -0.4 is 0 Å². The maximum absolute atomic E-state index is 10.6. The third-order valence-electron chi connectivity index (χ3n) is 1.06. The van der Waals surface area contributed by atoms with Gasteiger partial charge >= 0.3 is 6.03 Å². The van der Waals surface area contributed by atoms with E-state index in [0.717, 1.165) is 0 Å². The second kappa shape index (κ2) is 6.37. The van der Waals surface area contributed by atoms with Crippen LogP contribution >= 0.6 is 23.2 Å². The molecule has 2 amide bonds. The van der Waals surface area contributed by atoms with Crippen LogP contribution in [0.15, 0.2) is 5.18 Å². The van der Waals surface area contributed by atoms with E-state index in [1.54, 1.807) is 0 Å². The Morgan fingerprint density at radius 1 is 1.27 bits per heavy atom. The topological polar surface area (TPSA) is 49.7 Å². The molecule has 0 aromatic carbocycles. The second-order valence-corrected chi connectivity index (χ2v) is 2.49. The summed E-state index contributed by atoms with van der Waals surface area (Å²) in [5.74, 6) is 0.552. The van der Waals surface area contributed by atoms with Gasteiger partial charge in [0.05, 0.1) is 0 Å². The fraction of sp³-hybridized carbons (Fsp3) is 0.800. The summed E-state index contributed by atoms with van der Waals surface area (Å²) in [5, 5.41) is 2.25. The number of carbonyl (C=O) groups is 1. The van der Waals surface area contributed by atoms with Crippen LogP contribution in [0.1, 0.15) is 0 Å². The summed E-state index contributed by atoms with van der Waals surface area (Å²) in [7, 11) is 0. The lowest BCUT2D eigenvalue weighted by molar-refractivity contribution is 0.214. The molecule has 0 saturated carbocycles. The lowest BCUT2D eigenvalue weighted by Gasteiger charge is -2.15. The molecule has 0 fully saturated rings. The molecule has 0 radical (unpaired) electrons. The van der Waals surface area contributed by atoms with Gasteiger partial charge in [-0.1, -0.05) is 0 Å². The molecule has 0 aliphatic rings. The summed E-state index contributed by atoms with van der Waals surface area (Å²) < 4.78 is 0. The number of nitroso groups, excluding NO2 is 1. The van der Waals surface area contributed by atoms with Crippen LogP contribution in [0.4, 0.5) is 4.79 Å². The zero-order chi connectivity index (χ0) is 8.69. The van der Waals surface area contributed by atoms with Gasteiger partial charge in [-0.05, 0) is 0 Å². The molecule has 0 aromatic rings. The Morgan fingerprint density at radius 2 is 1.73 bits per heavy atom. The third-order valence-corrected chi connectivity index (χ3v) is 1.40. The Morgan fingerprint density at radius 3 is 2.00 bits per heavy atom. The first-order valence-corrected chi connectivity index (χ1v) is 4.07. The molecule has 0 bridgehead atoms. The standard InChI is InChI=1S/C5H8Cl2N2O2/c6-1-3-9(4-2-7)5(10)8-11/h1-4H2. The van der Waals surface area contributed by atoms with E-state index < -0.39 is 6.03 Å². The molecule has 0 N–H and O–H groups in total. The van der Waals surface area contributed by atoms with Crippen LogP contribution in [0.5, 0.6) is 0 Å². The second-order valence-electron chi connectivity index (χ2n) is 1.74. The van der Waals surface area contributed by atoms with Crippen molar-refractivity contribution in [3.63, 3.8) is 0 Å². The number of amides is 2. The van der Waals surface area contributed by atoms with Gasteiger partial charge in [0.1, 0.15) is 0 Å². The Kier molecular flexibility index (Phi) is 6.16. The number of urea groups is 1.